The summed E-state index contributed by atoms with van der Waals surface area (Å²) in [5, 5.41) is 4.75. The van der Waals surface area contributed by atoms with Crippen LogP contribution in [-0.4, -0.2) is 47.1 Å². The predicted octanol–water partition coefficient (Wildman–Crippen LogP) is 8.26. The Morgan fingerprint density at radius 2 is 0.981 bits per heavy atom. The van der Waals surface area contributed by atoms with Crippen LogP contribution in [0.2, 0.25) is 0 Å². The van der Waals surface area contributed by atoms with Crippen LogP contribution in [0.15, 0.2) is 158 Å². The van der Waals surface area contributed by atoms with E-state index in [9.17, 15) is 0 Å². The van der Waals surface area contributed by atoms with Crippen molar-refractivity contribution in [3.05, 3.63) is 186 Å². The molecule has 0 amide bonds. The van der Waals surface area contributed by atoms with Crippen LogP contribution in [0.1, 0.15) is 27.9 Å². The number of aryl methyl sites for hydroxylation is 1. The minimum atomic E-state index is -0.898. The summed E-state index contributed by atoms with van der Waals surface area (Å²) in [4.78, 5) is 0. The SMILES string of the molecule is Cc1cc(OC2O[C@H](COCc3ccccc3)[C@@H](OCc3ccccc3)[C@H](OCc3ccccc3)[C@H]2OCc2ccccc2)n(-c2ccccc2)n1. The molecule has 0 radical (unpaired) electrons. The molecule has 0 aliphatic carbocycles. The second kappa shape index (κ2) is 17.9. The van der Waals surface area contributed by atoms with Gasteiger partial charge in [-0.3, -0.25) is 0 Å². The van der Waals surface area contributed by atoms with Gasteiger partial charge in [0.15, 0.2) is 0 Å². The lowest BCUT2D eigenvalue weighted by Gasteiger charge is -2.45. The van der Waals surface area contributed by atoms with Crippen molar-refractivity contribution in [2.45, 2.75) is 64.1 Å². The fraction of sp³-hybridized carbons (Fsp3) is 0.250. The monoisotopic (exact) mass is 696 g/mol. The smallest absolute Gasteiger partial charge is 0.231 e. The number of hydrogen-bond acceptors (Lipinski definition) is 7. The first-order chi connectivity index (χ1) is 25.7. The molecule has 8 nitrogen and oxygen atoms in total. The van der Waals surface area contributed by atoms with E-state index in [2.05, 4.69) is 12.1 Å². The largest absolute Gasteiger partial charge is 0.445 e. The van der Waals surface area contributed by atoms with Crippen LogP contribution in [0, 0.1) is 6.92 Å². The van der Waals surface area contributed by atoms with Gasteiger partial charge < -0.3 is 28.4 Å². The van der Waals surface area contributed by atoms with Gasteiger partial charge in [-0.2, -0.15) is 5.10 Å². The Labute approximate surface area is 305 Å². The van der Waals surface area contributed by atoms with Crippen molar-refractivity contribution in [3.63, 3.8) is 0 Å². The summed E-state index contributed by atoms with van der Waals surface area (Å²) < 4.78 is 42.3. The molecule has 1 unspecified atom stereocenters. The van der Waals surface area contributed by atoms with Crippen molar-refractivity contribution in [2.24, 2.45) is 0 Å². The first kappa shape index (κ1) is 35.3. The highest BCUT2D eigenvalue weighted by Gasteiger charge is 2.50. The predicted molar refractivity (Wildman–Crippen MR) is 199 cm³/mol. The van der Waals surface area contributed by atoms with Gasteiger partial charge in [0.25, 0.3) is 0 Å². The Morgan fingerprint density at radius 1 is 0.538 bits per heavy atom. The van der Waals surface area contributed by atoms with Gasteiger partial charge in [-0.25, -0.2) is 4.68 Å². The molecule has 7 rings (SSSR count). The van der Waals surface area contributed by atoms with Gasteiger partial charge in [0.05, 0.1) is 44.4 Å². The lowest BCUT2D eigenvalue weighted by atomic mass is 9.97. The standard InChI is InChI=1S/C44H44N2O6/c1-33-27-40(46(45-33)38-25-15-6-16-26-38)52-44-43(50-31-37-23-13-5-14-24-37)42(49-30-36-21-11-4-12-22-36)41(48-29-35-19-9-3-10-20-35)39(51-44)32-47-28-34-17-7-2-8-18-34/h2-27,39,41-44H,28-32H2,1H3/t39-,41-,42+,43-,44?/m1/s1. The lowest BCUT2D eigenvalue weighted by Crippen LogP contribution is -2.62. The molecule has 0 N–H and O–H groups in total. The van der Waals surface area contributed by atoms with Gasteiger partial charge in [0, 0.05) is 6.07 Å². The number of rotatable bonds is 16. The number of ether oxygens (including phenoxy) is 6. The Hall–Kier alpha value is -5.09. The quantitative estimate of drug-likeness (QED) is 0.101. The fourth-order valence-corrected chi connectivity index (χ4v) is 6.27. The summed E-state index contributed by atoms with van der Waals surface area (Å²) >= 11 is 0. The third kappa shape index (κ3) is 9.41. The molecule has 1 aliphatic heterocycles. The summed E-state index contributed by atoms with van der Waals surface area (Å²) in [5.74, 6) is 0.524. The van der Waals surface area contributed by atoms with Crippen molar-refractivity contribution in [2.75, 3.05) is 6.61 Å². The zero-order valence-corrected chi connectivity index (χ0v) is 29.3. The molecular weight excluding hydrogens is 652 g/mol. The van der Waals surface area contributed by atoms with Crippen LogP contribution >= 0.6 is 0 Å². The van der Waals surface area contributed by atoms with Crippen LogP contribution < -0.4 is 4.74 Å². The van der Waals surface area contributed by atoms with Gasteiger partial charge in [-0.05, 0) is 41.3 Å². The third-order valence-corrected chi connectivity index (χ3v) is 8.88. The van der Waals surface area contributed by atoms with E-state index in [4.69, 9.17) is 33.5 Å². The van der Waals surface area contributed by atoms with Crippen molar-refractivity contribution in [3.8, 4) is 11.6 Å². The van der Waals surface area contributed by atoms with Gasteiger partial charge in [0.2, 0.25) is 12.2 Å². The maximum Gasteiger partial charge on any atom is 0.231 e. The van der Waals surface area contributed by atoms with Gasteiger partial charge in [-0.1, -0.05) is 140 Å². The molecule has 0 bridgehead atoms. The van der Waals surface area contributed by atoms with E-state index in [0.717, 1.165) is 33.6 Å². The van der Waals surface area contributed by atoms with Crippen LogP contribution in [-0.2, 0) is 50.1 Å². The van der Waals surface area contributed by atoms with E-state index in [1.54, 1.807) is 4.68 Å². The summed E-state index contributed by atoms with van der Waals surface area (Å²) in [6, 6.07) is 52.2. The van der Waals surface area contributed by atoms with Crippen molar-refractivity contribution >= 4 is 0 Å². The number of benzene rings is 5. The Bertz CT molecular complexity index is 1910. The molecule has 1 saturated heterocycles. The van der Waals surface area contributed by atoms with Gasteiger partial charge in [0.1, 0.15) is 24.4 Å². The average molecular weight is 697 g/mol. The maximum atomic E-state index is 6.89. The normalized spacial score (nSPS) is 20.1. The minimum Gasteiger partial charge on any atom is -0.445 e. The maximum absolute atomic E-state index is 6.89. The molecule has 8 heteroatoms. The molecule has 266 valence electrons. The molecule has 1 aliphatic rings. The summed E-state index contributed by atoms with van der Waals surface area (Å²) in [7, 11) is 0. The first-order valence-corrected chi connectivity index (χ1v) is 17.7. The average Bonchev–Trinajstić information content (AvgIpc) is 3.57. The Balaban J connectivity index is 1.24. The second-order valence-electron chi connectivity index (χ2n) is 12.8. The first-order valence-electron chi connectivity index (χ1n) is 17.7. The zero-order chi connectivity index (χ0) is 35.4. The lowest BCUT2D eigenvalue weighted by molar-refractivity contribution is -0.310. The molecule has 1 aromatic heterocycles. The summed E-state index contributed by atoms with van der Waals surface area (Å²) in [6.45, 7) is 3.61. The molecule has 52 heavy (non-hydrogen) atoms. The Kier molecular flexibility index (Phi) is 12.2. The van der Waals surface area contributed by atoms with Crippen LogP contribution in [0.4, 0.5) is 0 Å². The number of para-hydroxylation sites is 1. The van der Waals surface area contributed by atoms with Crippen LogP contribution in [0.25, 0.3) is 5.69 Å². The third-order valence-electron chi connectivity index (χ3n) is 8.88. The van der Waals surface area contributed by atoms with Gasteiger partial charge in [-0.15, -0.1) is 0 Å². The molecule has 0 saturated carbocycles. The number of hydrogen-bond donors (Lipinski definition) is 0. The second-order valence-corrected chi connectivity index (χ2v) is 12.8. The zero-order valence-electron chi connectivity index (χ0n) is 29.3. The van der Waals surface area contributed by atoms with E-state index >= 15 is 0 Å². The van der Waals surface area contributed by atoms with Crippen molar-refractivity contribution < 1.29 is 28.4 Å². The van der Waals surface area contributed by atoms with Crippen molar-refractivity contribution in [1.82, 2.24) is 9.78 Å². The Morgan fingerprint density at radius 3 is 1.50 bits per heavy atom. The van der Waals surface area contributed by atoms with E-state index in [1.165, 1.54) is 0 Å². The molecule has 6 aromatic rings. The van der Waals surface area contributed by atoms with E-state index < -0.39 is 30.7 Å². The van der Waals surface area contributed by atoms with E-state index in [1.807, 2.05) is 153 Å². The molecule has 5 aromatic carbocycles. The highest BCUT2D eigenvalue weighted by atomic mass is 16.7. The van der Waals surface area contributed by atoms with E-state index in [-0.39, 0.29) is 6.61 Å². The number of aromatic nitrogens is 2. The number of nitrogens with zero attached hydrogens (tertiary/aromatic N) is 2. The molecular formula is C44H44N2O6. The topological polar surface area (TPSA) is 73.2 Å². The molecule has 2 heterocycles. The van der Waals surface area contributed by atoms with E-state index in [0.29, 0.717) is 32.3 Å². The highest BCUT2D eigenvalue weighted by Crippen LogP contribution is 2.33. The minimum absolute atomic E-state index is 0.238. The summed E-state index contributed by atoms with van der Waals surface area (Å²) in [6.07, 6.45) is -3.34. The highest BCUT2D eigenvalue weighted by molar-refractivity contribution is 5.35. The van der Waals surface area contributed by atoms with Crippen molar-refractivity contribution in [1.29, 1.82) is 0 Å². The molecule has 0 spiro atoms. The summed E-state index contributed by atoms with van der Waals surface area (Å²) in [5.41, 5.74) is 5.83. The van der Waals surface area contributed by atoms with Gasteiger partial charge >= 0.3 is 0 Å². The molecule has 1 fully saturated rings. The molecule has 5 atom stereocenters. The fourth-order valence-electron chi connectivity index (χ4n) is 6.27. The van der Waals surface area contributed by atoms with Crippen LogP contribution in [0.5, 0.6) is 5.88 Å². The van der Waals surface area contributed by atoms with Crippen LogP contribution in [0.3, 0.4) is 0 Å².